The molecule has 2 heterocycles. The third kappa shape index (κ3) is 2.58. The smallest absolute Gasteiger partial charge is 0.118 e. The summed E-state index contributed by atoms with van der Waals surface area (Å²) in [6, 6.07) is 32.0. The summed E-state index contributed by atoms with van der Waals surface area (Å²) in [6.07, 6.45) is 2.14. The third-order valence-electron chi connectivity index (χ3n) is 5.14. The second kappa shape index (κ2) is 6.33. The van der Waals surface area contributed by atoms with Crippen LogP contribution in [-0.2, 0) is 0 Å². The van der Waals surface area contributed by atoms with Crippen molar-refractivity contribution in [3.8, 4) is 28.1 Å². The first-order valence-corrected chi connectivity index (χ1v) is 9.08. The number of rotatable bonds is 3. The average molecular weight is 349 g/mol. The highest BCUT2D eigenvalue weighted by molar-refractivity contribution is 5.98. The zero-order valence-corrected chi connectivity index (χ0v) is 15.1. The predicted octanol–water partition coefficient (Wildman–Crippen LogP) is 6.44. The minimum atomic E-state index is 0.872. The van der Waals surface area contributed by atoms with E-state index in [2.05, 4.69) is 89.5 Å². The van der Waals surface area contributed by atoms with Crippen LogP contribution in [0.3, 0.4) is 0 Å². The van der Waals surface area contributed by atoms with E-state index in [9.17, 15) is 0 Å². The van der Waals surface area contributed by atoms with Crippen LogP contribution >= 0.6 is 0 Å². The van der Waals surface area contributed by atoms with Crippen molar-refractivity contribution in [2.75, 3.05) is 7.11 Å². The van der Waals surface area contributed by atoms with Crippen LogP contribution in [0.25, 0.3) is 38.7 Å². The van der Waals surface area contributed by atoms with Crippen LogP contribution in [0.2, 0.25) is 0 Å². The maximum absolute atomic E-state index is 5.31. The highest BCUT2D eigenvalue weighted by atomic mass is 16.5. The molecule has 0 amide bonds. The van der Waals surface area contributed by atoms with Crippen LogP contribution in [0.1, 0.15) is 0 Å². The molecule has 5 aromatic rings. The summed E-state index contributed by atoms with van der Waals surface area (Å²) in [6.45, 7) is 0. The number of nitrogens with zero attached hydrogens (tertiary/aromatic N) is 1. The second-order valence-electron chi connectivity index (χ2n) is 6.65. The summed E-state index contributed by atoms with van der Waals surface area (Å²) in [7, 11) is 1.70. The first-order valence-electron chi connectivity index (χ1n) is 9.08. The van der Waals surface area contributed by atoms with Gasteiger partial charge in [-0.1, -0.05) is 60.7 Å². The predicted molar refractivity (Wildman–Crippen MR) is 112 cm³/mol. The van der Waals surface area contributed by atoms with Gasteiger partial charge >= 0.3 is 0 Å². The van der Waals surface area contributed by atoms with Crippen LogP contribution in [0, 0.1) is 0 Å². The van der Waals surface area contributed by atoms with E-state index < -0.39 is 0 Å². The Morgan fingerprint density at radius 1 is 0.704 bits per heavy atom. The van der Waals surface area contributed by atoms with Gasteiger partial charge in [-0.25, -0.2) is 0 Å². The molecule has 0 aliphatic heterocycles. The highest BCUT2D eigenvalue weighted by Crippen LogP contribution is 2.36. The molecule has 0 spiro atoms. The fourth-order valence-electron chi connectivity index (χ4n) is 3.81. The van der Waals surface area contributed by atoms with Crippen molar-refractivity contribution in [1.29, 1.82) is 0 Å². The molecular formula is C25H19NO. The zero-order valence-electron chi connectivity index (χ0n) is 15.1. The van der Waals surface area contributed by atoms with Gasteiger partial charge in [0, 0.05) is 17.3 Å². The minimum absolute atomic E-state index is 0.872. The molecule has 5 rings (SSSR count). The molecule has 2 heteroatoms. The summed E-state index contributed by atoms with van der Waals surface area (Å²) in [5.41, 5.74) is 6.06. The SMILES string of the molecule is COc1ccc(-c2cc(-c3cccc4ccccc34)n3ccccc23)cc1. The van der Waals surface area contributed by atoms with Gasteiger partial charge in [-0.15, -0.1) is 0 Å². The first kappa shape index (κ1) is 15.7. The molecular weight excluding hydrogens is 330 g/mol. The Kier molecular flexibility index (Phi) is 3.68. The Morgan fingerprint density at radius 3 is 2.33 bits per heavy atom. The molecule has 2 aromatic heterocycles. The monoisotopic (exact) mass is 349 g/mol. The minimum Gasteiger partial charge on any atom is -0.497 e. The Balaban J connectivity index is 1.78. The van der Waals surface area contributed by atoms with E-state index in [0.29, 0.717) is 0 Å². The largest absolute Gasteiger partial charge is 0.497 e. The number of methoxy groups -OCH3 is 1. The van der Waals surface area contributed by atoms with Crippen LogP contribution < -0.4 is 4.74 Å². The number of aromatic nitrogens is 1. The van der Waals surface area contributed by atoms with Crippen molar-refractivity contribution in [2.24, 2.45) is 0 Å². The Hall–Kier alpha value is -3.52. The maximum atomic E-state index is 5.31. The van der Waals surface area contributed by atoms with E-state index in [-0.39, 0.29) is 0 Å². The van der Waals surface area contributed by atoms with Crippen molar-refractivity contribution in [2.45, 2.75) is 0 Å². The summed E-state index contributed by atoms with van der Waals surface area (Å²) in [5.74, 6) is 0.872. The van der Waals surface area contributed by atoms with Crippen LogP contribution in [0.5, 0.6) is 5.75 Å². The third-order valence-corrected chi connectivity index (χ3v) is 5.14. The average Bonchev–Trinajstić information content (AvgIpc) is 3.13. The van der Waals surface area contributed by atoms with Crippen molar-refractivity contribution in [3.05, 3.63) is 97.2 Å². The standard InChI is InChI=1S/C25H19NO/c1-27-20-14-12-19(13-15-20)23-17-25(26-16-5-4-11-24(23)26)22-10-6-8-18-7-2-3-9-21(18)22/h2-17H,1H3. The molecule has 0 N–H and O–H groups in total. The number of hydrogen-bond donors (Lipinski definition) is 0. The van der Waals surface area contributed by atoms with Crippen molar-refractivity contribution < 1.29 is 4.74 Å². The maximum Gasteiger partial charge on any atom is 0.118 e. The lowest BCUT2D eigenvalue weighted by molar-refractivity contribution is 0.415. The number of hydrogen-bond acceptors (Lipinski definition) is 1. The zero-order chi connectivity index (χ0) is 18.2. The Labute approximate surface area is 158 Å². The summed E-state index contributed by atoms with van der Waals surface area (Å²) >= 11 is 0. The van der Waals surface area contributed by atoms with E-state index in [1.165, 1.54) is 38.7 Å². The van der Waals surface area contributed by atoms with Crippen molar-refractivity contribution in [3.63, 3.8) is 0 Å². The summed E-state index contributed by atoms with van der Waals surface area (Å²) in [5, 5.41) is 2.52. The van der Waals surface area contributed by atoms with Gasteiger partial charge < -0.3 is 9.14 Å². The molecule has 0 aliphatic carbocycles. The van der Waals surface area contributed by atoms with Crippen LogP contribution in [0.15, 0.2) is 97.2 Å². The molecule has 0 unspecified atom stereocenters. The van der Waals surface area contributed by atoms with Gasteiger partial charge in [0.25, 0.3) is 0 Å². The fraction of sp³-hybridized carbons (Fsp3) is 0.0400. The normalized spacial score (nSPS) is 11.1. The molecule has 3 aromatic carbocycles. The second-order valence-corrected chi connectivity index (χ2v) is 6.65. The lowest BCUT2D eigenvalue weighted by Gasteiger charge is -2.07. The molecule has 0 atom stereocenters. The van der Waals surface area contributed by atoms with E-state index in [4.69, 9.17) is 4.74 Å². The summed E-state index contributed by atoms with van der Waals surface area (Å²) in [4.78, 5) is 0. The molecule has 0 saturated carbocycles. The van der Waals surface area contributed by atoms with Crippen molar-refractivity contribution >= 4 is 16.3 Å². The first-order chi connectivity index (χ1) is 13.3. The molecule has 0 fully saturated rings. The van der Waals surface area contributed by atoms with Crippen LogP contribution in [0.4, 0.5) is 0 Å². The van der Waals surface area contributed by atoms with E-state index in [0.717, 1.165) is 5.75 Å². The topological polar surface area (TPSA) is 13.6 Å². The molecule has 130 valence electrons. The number of pyridine rings is 1. The van der Waals surface area contributed by atoms with Gasteiger partial charge in [0.15, 0.2) is 0 Å². The van der Waals surface area contributed by atoms with Crippen LogP contribution in [-0.4, -0.2) is 11.5 Å². The summed E-state index contributed by atoms with van der Waals surface area (Å²) < 4.78 is 7.59. The Bertz CT molecular complexity index is 1240. The molecule has 0 saturated heterocycles. The van der Waals surface area contributed by atoms with E-state index >= 15 is 0 Å². The molecule has 0 radical (unpaired) electrons. The fourth-order valence-corrected chi connectivity index (χ4v) is 3.81. The van der Waals surface area contributed by atoms with Crippen molar-refractivity contribution in [1.82, 2.24) is 4.40 Å². The van der Waals surface area contributed by atoms with E-state index in [1.807, 2.05) is 12.1 Å². The van der Waals surface area contributed by atoms with E-state index in [1.54, 1.807) is 7.11 Å². The number of benzene rings is 3. The van der Waals surface area contributed by atoms with Gasteiger partial charge in [0.1, 0.15) is 5.75 Å². The van der Waals surface area contributed by atoms with Gasteiger partial charge in [-0.3, -0.25) is 0 Å². The molecule has 0 bridgehead atoms. The number of fused-ring (bicyclic) bond motifs is 2. The lowest BCUT2D eigenvalue weighted by atomic mass is 10.0. The molecule has 27 heavy (non-hydrogen) atoms. The molecule has 0 aliphatic rings. The van der Waals surface area contributed by atoms with Gasteiger partial charge in [-0.2, -0.15) is 0 Å². The highest BCUT2D eigenvalue weighted by Gasteiger charge is 2.13. The Morgan fingerprint density at radius 2 is 1.48 bits per heavy atom. The van der Waals surface area contributed by atoms with Gasteiger partial charge in [-0.05, 0) is 46.7 Å². The quantitative estimate of drug-likeness (QED) is 0.366. The lowest BCUT2D eigenvalue weighted by Crippen LogP contribution is -1.88. The van der Waals surface area contributed by atoms with Gasteiger partial charge in [0.2, 0.25) is 0 Å². The number of ether oxygens (including phenoxy) is 1. The molecule has 2 nitrogen and oxygen atoms in total. The van der Waals surface area contributed by atoms with Gasteiger partial charge in [0.05, 0.1) is 18.3 Å².